The number of carboxylic acid groups (broad SMARTS) is 1. The van der Waals surface area contributed by atoms with E-state index >= 15 is 0 Å². The minimum Gasteiger partial charge on any atom is -0.481 e. The van der Waals surface area contributed by atoms with Crippen molar-refractivity contribution in [3.05, 3.63) is 34.9 Å². The van der Waals surface area contributed by atoms with Gasteiger partial charge in [0.05, 0.1) is 6.42 Å². The van der Waals surface area contributed by atoms with E-state index in [9.17, 15) is 9.59 Å². The zero-order chi connectivity index (χ0) is 15.5. The lowest BCUT2D eigenvalue weighted by molar-refractivity contribution is -0.138. The Kier molecular flexibility index (Phi) is 4.93. The van der Waals surface area contributed by atoms with E-state index < -0.39 is 12.0 Å². The highest BCUT2D eigenvalue weighted by molar-refractivity contribution is 5.96. The van der Waals surface area contributed by atoms with Gasteiger partial charge in [0.25, 0.3) is 5.91 Å². The van der Waals surface area contributed by atoms with Crippen molar-refractivity contribution in [2.75, 3.05) is 0 Å². The van der Waals surface area contributed by atoms with Crippen LogP contribution in [0.15, 0.2) is 18.2 Å². The molecular weight excluding hydrogens is 254 g/mol. The van der Waals surface area contributed by atoms with Crippen LogP contribution in [-0.4, -0.2) is 23.0 Å². The van der Waals surface area contributed by atoms with Crippen molar-refractivity contribution in [1.82, 2.24) is 5.32 Å². The van der Waals surface area contributed by atoms with E-state index in [1.807, 2.05) is 52.8 Å². The van der Waals surface area contributed by atoms with Crippen LogP contribution in [0.3, 0.4) is 0 Å². The number of carboxylic acids is 1. The average molecular weight is 277 g/mol. The first-order chi connectivity index (χ1) is 9.11. The Morgan fingerprint density at radius 3 is 2.35 bits per heavy atom. The average Bonchev–Trinajstić information content (AvgIpc) is 2.29. The van der Waals surface area contributed by atoms with E-state index in [0.717, 1.165) is 11.1 Å². The molecule has 1 atom stereocenters. The van der Waals surface area contributed by atoms with Crippen molar-refractivity contribution in [3.63, 3.8) is 0 Å². The van der Waals surface area contributed by atoms with Gasteiger partial charge in [0.15, 0.2) is 0 Å². The number of nitrogens with one attached hydrogen (secondary N) is 1. The molecule has 0 heterocycles. The smallest absolute Gasteiger partial charge is 0.305 e. The monoisotopic (exact) mass is 277 g/mol. The zero-order valence-electron chi connectivity index (χ0n) is 12.8. The molecule has 0 aliphatic carbocycles. The molecule has 110 valence electrons. The first kappa shape index (κ1) is 16.2. The number of carbonyl (C=O) groups excluding carboxylic acids is 1. The predicted molar refractivity (Wildman–Crippen MR) is 78.9 cm³/mol. The van der Waals surface area contributed by atoms with Gasteiger partial charge in [0, 0.05) is 11.6 Å². The molecule has 0 aliphatic heterocycles. The fourth-order valence-corrected chi connectivity index (χ4v) is 1.96. The van der Waals surface area contributed by atoms with Gasteiger partial charge in [-0.3, -0.25) is 9.59 Å². The summed E-state index contributed by atoms with van der Waals surface area (Å²) in [7, 11) is 0. The Balaban J connectivity index is 2.96. The van der Waals surface area contributed by atoms with Gasteiger partial charge < -0.3 is 10.4 Å². The number of benzene rings is 1. The molecule has 0 bridgehead atoms. The lowest BCUT2D eigenvalue weighted by atomic mass is 9.84. The zero-order valence-corrected chi connectivity index (χ0v) is 12.8. The summed E-state index contributed by atoms with van der Waals surface area (Å²) in [5.74, 6) is -1.13. The summed E-state index contributed by atoms with van der Waals surface area (Å²) in [6.45, 7) is 9.56. The highest BCUT2D eigenvalue weighted by Gasteiger charge is 2.29. The number of hydrogen-bond donors (Lipinski definition) is 2. The van der Waals surface area contributed by atoms with E-state index in [1.165, 1.54) is 0 Å². The molecule has 1 amide bonds. The van der Waals surface area contributed by atoms with E-state index in [1.54, 1.807) is 0 Å². The molecule has 0 aliphatic rings. The standard InChI is InChI=1S/C16H23NO3/c1-10-6-7-11(2)12(8-10)15(20)17-13(9-14(18)19)16(3,4)5/h6-8,13H,9H2,1-5H3,(H,17,20)(H,18,19). The number of amides is 1. The molecule has 0 saturated heterocycles. The number of aliphatic carboxylic acids is 1. The van der Waals surface area contributed by atoms with Crippen LogP contribution in [0.5, 0.6) is 0 Å². The van der Waals surface area contributed by atoms with Crippen LogP contribution in [0.1, 0.15) is 48.7 Å². The molecule has 0 saturated carbocycles. The van der Waals surface area contributed by atoms with Crippen LogP contribution in [0, 0.1) is 19.3 Å². The minimum absolute atomic E-state index is 0.0832. The van der Waals surface area contributed by atoms with E-state index in [2.05, 4.69) is 5.32 Å². The summed E-state index contributed by atoms with van der Waals surface area (Å²) in [4.78, 5) is 23.3. The van der Waals surface area contributed by atoms with Crippen LogP contribution < -0.4 is 5.32 Å². The van der Waals surface area contributed by atoms with Crippen molar-refractivity contribution < 1.29 is 14.7 Å². The fourth-order valence-electron chi connectivity index (χ4n) is 1.96. The normalized spacial score (nSPS) is 12.8. The van der Waals surface area contributed by atoms with E-state index in [4.69, 9.17) is 5.11 Å². The number of carbonyl (C=O) groups is 2. The van der Waals surface area contributed by atoms with Gasteiger partial charge >= 0.3 is 5.97 Å². The molecule has 1 unspecified atom stereocenters. The molecule has 0 radical (unpaired) electrons. The number of rotatable bonds is 4. The number of aryl methyl sites for hydroxylation is 2. The lowest BCUT2D eigenvalue weighted by Gasteiger charge is -2.30. The highest BCUT2D eigenvalue weighted by atomic mass is 16.4. The summed E-state index contributed by atoms with van der Waals surface area (Å²) in [6.07, 6.45) is -0.0832. The van der Waals surface area contributed by atoms with E-state index in [0.29, 0.717) is 5.56 Å². The van der Waals surface area contributed by atoms with Crippen LogP contribution >= 0.6 is 0 Å². The molecule has 1 aromatic carbocycles. The molecule has 4 heteroatoms. The van der Waals surface area contributed by atoms with Crippen LogP contribution in [0.2, 0.25) is 0 Å². The number of hydrogen-bond acceptors (Lipinski definition) is 2. The molecule has 0 fully saturated rings. The summed E-state index contributed by atoms with van der Waals surface area (Å²) in [6, 6.07) is 5.26. The van der Waals surface area contributed by atoms with Crippen molar-refractivity contribution >= 4 is 11.9 Å². The maximum atomic E-state index is 12.4. The first-order valence-corrected chi connectivity index (χ1v) is 6.71. The van der Waals surface area contributed by atoms with Crippen molar-refractivity contribution in [2.24, 2.45) is 5.41 Å². The maximum absolute atomic E-state index is 12.4. The van der Waals surface area contributed by atoms with Crippen molar-refractivity contribution in [2.45, 2.75) is 47.1 Å². The quantitative estimate of drug-likeness (QED) is 0.889. The topological polar surface area (TPSA) is 66.4 Å². The van der Waals surface area contributed by atoms with Gasteiger partial charge in [-0.1, -0.05) is 38.5 Å². The Labute approximate surface area is 120 Å². The minimum atomic E-state index is -0.911. The third kappa shape index (κ3) is 4.37. The Bertz CT molecular complexity index is 515. The second-order valence-corrected chi connectivity index (χ2v) is 6.31. The Hall–Kier alpha value is -1.84. The molecule has 0 aromatic heterocycles. The highest BCUT2D eigenvalue weighted by Crippen LogP contribution is 2.22. The van der Waals surface area contributed by atoms with Gasteiger partial charge in [-0.05, 0) is 30.9 Å². The van der Waals surface area contributed by atoms with Gasteiger partial charge in [-0.25, -0.2) is 0 Å². The van der Waals surface area contributed by atoms with Crippen LogP contribution in [0.4, 0.5) is 0 Å². The van der Waals surface area contributed by atoms with Gasteiger partial charge in [-0.2, -0.15) is 0 Å². The van der Waals surface area contributed by atoms with E-state index in [-0.39, 0.29) is 17.7 Å². The SMILES string of the molecule is Cc1ccc(C)c(C(=O)NC(CC(=O)O)C(C)(C)C)c1. The summed E-state index contributed by atoms with van der Waals surface area (Å²) >= 11 is 0. The predicted octanol–water partition coefficient (Wildman–Crippen LogP) is 2.92. The lowest BCUT2D eigenvalue weighted by Crippen LogP contribution is -2.45. The van der Waals surface area contributed by atoms with Crippen LogP contribution in [-0.2, 0) is 4.79 Å². The van der Waals surface area contributed by atoms with Crippen molar-refractivity contribution in [1.29, 1.82) is 0 Å². The molecule has 20 heavy (non-hydrogen) atoms. The van der Waals surface area contributed by atoms with Crippen molar-refractivity contribution in [3.8, 4) is 0 Å². The third-order valence-corrected chi connectivity index (χ3v) is 3.37. The molecule has 4 nitrogen and oxygen atoms in total. The second kappa shape index (κ2) is 6.07. The largest absolute Gasteiger partial charge is 0.481 e. The Morgan fingerprint density at radius 1 is 1.25 bits per heavy atom. The van der Waals surface area contributed by atoms with Gasteiger partial charge in [0.2, 0.25) is 0 Å². The molecule has 1 aromatic rings. The summed E-state index contributed by atoms with van der Waals surface area (Å²) in [5.41, 5.74) is 2.18. The molecular formula is C16H23NO3. The Morgan fingerprint density at radius 2 is 1.85 bits per heavy atom. The van der Waals surface area contributed by atoms with Gasteiger partial charge in [0.1, 0.15) is 0 Å². The molecule has 1 rings (SSSR count). The summed E-state index contributed by atoms with van der Waals surface area (Å²) in [5, 5.41) is 11.8. The third-order valence-electron chi connectivity index (χ3n) is 3.37. The maximum Gasteiger partial charge on any atom is 0.305 e. The summed E-state index contributed by atoms with van der Waals surface area (Å²) < 4.78 is 0. The first-order valence-electron chi connectivity index (χ1n) is 6.71. The molecule has 0 spiro atoms. The molecule has 2 N–H and O–H groups in total. The van der Waals surface area contributed by atoms with Gasteiger partial charge in [-0.15, -0.1) is 0 Å². The van der Waals surface area contributed by atoms with Crippen LogP contribution in [0.25, 0.3) is 0 Å². The second-order valence-electron chi connectivity index (χ2n) is 6.31. The fraction of sp³-hybridized carbons (Fsp3) is 0.500.